The Morgan fingerprint density at radius 2 is 1.91 bits per heavy atom. The van der Waals surface area contributed by atoms with E-state index in [1.807, 2.05) is 24.0 Å². The van der Waals surface area contributed by atoms with Crippen molar-refractivity contribution in [2.24, 2.45) is 5.92 Å². The maximum Gasteiger partial charge on any atom is 0.241 e. The molecule has 0 unspecified atom stereocenters. The SMILES string of the molecule is Cc1cc(C)c(S(=O)(=O)N[C@H](C)CC(=O)N2CC(CCc3ccc4c(n3)NCCC4)C2)c(C)c1. The van der Waals surface area contributed by atoms with E-state index in [1.54, 1.807) is 20.8 Å². The minimum atomic E-state index is -3.69. The lowest BCUT2D eigenvalue weighted by atomic mass is 9.93. The van der Waals surface area contributed by atoms with Crippen LogP contribution in [0.5, 0.6) is 0 Å². The molecule has 2 aromatic rings. The molecule has 34 heavy (non-hydrogen) atoms. The van der Waals surface area contributed by atoms with Crippen molar-refractivity contribution in [2.45, 2.75) is 70.7 Å². The van der Waals surface area contributed by atoms with Crippen LogP contribution in [0.15, 0.2) is 29.2 Å². The number of sulfonamides is 1. The van der Waals surface area contributed by atoms with E-state index in [4.69, 9.17) is 4.98 Å². The van der Waals surface area contributed by atoms with Crippen LogP contribution in [-0.2, 0) is 27.7 Å². The number of aromatic nitrogens is 1. The summed E-state index contributed by atoms with van der Waals surface area (Å²) in [5, 5.41) is 3.38. The number of amides is 1. The molecule has 3 heterocycles. The lowest BCUT2D eigenvalue weighted by Gasteiger charge is -2.40. The molecule has 0 radical (unpaired) electrons. The molecule has 4 rings (SSSR count). The smallest absolute Gasteiger partial charge is 0.241 e. The summed E-state index contributed by atoms with van der Waals surface area (Å²) in [5.41, 5.74) is 4.87. The van der Waals surface area contributed by atoms with Gasteiger partial charge in [-0.05, 0) is 82.1 Å². The van der Waals surface area contributed by atoms with E-state index in [-0.39, 0.29) is 12.3 Å². The molecule has 7 nitrogen and oxygen atoms in total. The average molecular weight is 485 g/mol. The summed E-state index contributed by atoms with van der Waals surface area (Å²) in [6.07, 6.45) is 4.32. The molecule has 2 N–H and O–H groups in total. The molecule has 1 amide bonds. The van der Waals surface area contributed by atoms with E-state index in [0.717, 1.165) is 73.5 Å². The lowest BCUT2D eigenvalue weighted by molar-refractivity contribution is -0.138. The standard InChI is InChI=1S/C26H36N4O3S/c1-17-12-18(2)25(19(3)13-17)34(32,33)29-20(4)14-24(31)30-15-21(16-30)7-9-23-10-8-22-6-5-11-27-26(22)28-23/h8,10,12-13,20-21,29H,5-7,9,11,14-16H2,1-4H3,(H,27,28)/t20-/m1/s1. The third-order valence-electron chi connectivity index (χ3n) is 6.78. The van der Waals surface area contributed by atoms with Gasteiger partial charge in [0.1, 0.15) is 5.82 Å². The van der Waals surface area contributed by atoms with Crippen LogP contribution in [0.2, 0.25) is 0 Å². The third-order valence-corrected chi connectivity index (χ3v) is 8.68. The second-order valence-corrected chi connectivity index (χ2v) is 11.6. The highest BCUT2D eigenvalue weighted by molar-refractivity contribution is 7.89. The maximum absolute atomic E-state index is 12.9. The fourth-order valence-electron chi connectivity index (χ4n) is 5.16. The predicted molar refractivity (Wildman–Crippen MR) is 134 cm³/mol. The second-order valence-electron chi connectivity index (χ2n) is 10.00. The number of fused-ring (bicyclic) bond motifs is 1. The summed E-state index contributed by atoms with van der Waals surface area (Å²) < 4.78 is 28.6. The molecular weight excluding hydrogens is 448 g/mol. The van der Waals surface area contributed by atoms with Crippen LogP contribution in [-0.4, -0.2) is 49.9 Å². The zero-order valence-electron chi connectivity index (χ0n) is 20.6. The average Bonchev–Trinajstić information content (AvgIpc) is 2.70. The highest BCUT2D eigenvalue weighted by Gasteiger charge is 2.32. The zero-order chi connectivity index (χ0) is 24.5. The topological polar surface area (TPSA) is 91.4 Å². The number of rotatable bonds is 8. The Hall–Kier alpha value is -2.45. The molecule has 2 aliphatic rings. The van der Waals surface area contributed by atoms with E-state index >= 15 is 0 Å². The largest absolute Gasteiger partial charge is 0.370 e. The molecule has 0 aliphatic carbocycles. The van der Waals surface area contributed by atoms with Crippen molar-refractivity contribution in [3.8, 4) is 0 Å². The molecule has 0 spiro atoms. The number of nitrogens with one attached hydrogen (secondary N) is 2. The van der Waals surface area contributed by atoms with E-state index in [0.29, 0.717) is 10.8 Å². The van der Waals surface area contributed by atoms with E-state index in [2.05, 4.69) is 22.2 Å². The first-order valence-corrected chi connectivity index (χ1v) is 13.7. The fraction of sp³-hybridized carbons (Fsp3) is 0.538. The van der Waals surface area contributed by atoms with Crippen molar-refractivity contribution in [1.82, 2.24) is 14.6 Å². The van der Waals surface area contributed by atoms with Gasteiger partial charge in [0.2, 0.25) is 15.9 Å². The van der Waals surface area contributed by atoms with Gasteiger partial charge in [0.05, 0.1) is 4.90 Å². The highest BCUT2D eigenvalue weighted by Crippen LogP contribution is 2.25. The number of nitrogens with zero attached hydrogens (tertiary/aromatic N) is 2. The van der Waals surface area contributed by atoms with Crippen molar-refractivity contribution in [2.75, 3.05) is 25.0 Å². The van der Waals surface area contributed by atoms with Crippen LogP contribution in [0, 0.1) is 26.7 Å². The van der Waals surface area contributed by atoms with Gasteiger partial charge in [-0.25, -0.2) is 18.1 Å². The fourth-order valence-corrected chi connectivity index (χ4v) is 6.86. The molecule has 1 atom stereocenters. The summed E-state index contributed by atoms with van der Waals surface area (Å²) >= 11 is 0. The van der Waals surface area contributed by atoms with Crippen molar-refractivity contribution >= 4 is 21.7 Å². The Kier molecular flexibility index (Phi) is 7.28. The number of carbonyl (C=O) groups is 1. The summed E-state index contributed by atoms with van der Waals surface area (Å²) in [6, 6.07) is 7.58. The number of likely N-dealkylation sites (tertiary alicyclic amines) is 1. The molecular formula is C26H36N4O3S. The zero-order valence-corrected chi connectivity index (χ0v) is 21.5. The number of benzene rings is 1. The lowest BCUT2D eigenvalue weighted by Crippen LogP contribution is -2.51. The highest BCUT2D eigenvalue weighted by atomic mass is 32.2. The van der Waals surface area contributed by atoms with Gasteiger partial charge < -0.3 is 10.2 Å². The van der Waals surface area contributed by atoms with Gasteiger partial charge in [-0.3, -0.25) is 4.79 Å². The minimum absolute atomic E-state index is 0.0000873. The quantitative estimate of drug-likeness (QED) is 0.598. The molecule has 0 bridgehead atoms. The van der Waals surface area contributed by atoms with Crippen LogP contribution in [0.25, 0.3) is 0 Å². The van der Waals surface area contributed by atoms with Gasteiger partial charge in [0.25, 0.3) is 0 Å². The molecule has 2 aliphatic heterocycles. The van der Waals surface area contributed by atoms with E-state index in [1.165, 1.54) is 5.56 Å². The van der Waals surface area contributed by atoms with E-state index in [9.17, 15) is 13.2 Å². The molecule has 184 valence electrons. The Morgan fingerprint density at radius 3 is 2.62 bits per heavy atom. The molecule has 0 saturated carbocycles. The van der Waals surface area contributed by atoms with Crippen molar-refractivity contribution in [3.05, 3.63) is 52.2 Å². The van der Waals surface area contributed by atoms with E-state index < -0.39 is 16.1 Å². The molecule has 1 fully saturated rings. The summed E-state index contributed by atoms with van der Waals surface area (Å²) in [4.78, 5) is 19.6. The second kappa shape index (κ2) is 10.0. The van der Waals surface area contributed by atoms with Crippen LogP contribution < -0.4 is 10.0 Å². The van der Waals surface area contributed by atoms with Crippen LogP contribution in [0.3, 0.4) is 0 Å². The Bertz CT molecular complexity index is 1150. The first kappa shape index (κ1) is 24.7. The predicted octanol–water partition coefficient (Wildman–Crippen LogP) is 3.51. The Balaban J connectivity index is 1.24. The number of anilines is 1. The number of hydrogen-bond acceptors (Lipinski definition) is 5. The van der Waals surface area contributed by atoms with Crippen LogP contribution in [0.1, 0.15) is 54.1 Å². The number of aryl methyl sites for hydroxylation is 5. The summed E-state index contributed by atoms with van der Waals surface area (Å²) in [6.45, 7) is 9.77. The van der Waals surface area contributed by atoms with Gasteiger partial charge in [-0.2, -0.15) is 0 Å². The molecule has 1 aromatic heterocycles. The first-order chi connectivity index (χ1) is 16.1. The number of pyridine rings is 1. The minimum Gasteiger partial charge on any atom is -0.370 e. The summed E-state index contributed by atoms with van der Waals surface area (Å²) in [7, 11) is -3.69. The van der Waals surface area contributed by atoms with Crippen LogP contribution in [0.4, 0.5) is 5.82 Å². The monoisotopic (exact) mass is 484 g/mol. The molecule has 1 saturated heterocycles. The van der Waals surface area contributed by atoms with Gasteiger partial charge >= 0.3 is 0 Å². The molecule has 1 aromatic carbocycles. The Morgan fingerprint density at radius 1 is 1.21 bits per heavy atom. The maximum atomic E-state index is 12.9. The number of hydrogen-bond donors (Lipinski definition) is 2. The molecule has 8 heteroatoms. The van der Waals surface area contributed by atoms with Gasteiger partial charge in [0.15, 0.2) is 0 Å². The van der Waals surface area contributed by atoms with Crippen molar-refractivity contribution in [1.29, 1.82) is 0 Å². The van der Waals surface area contributed by atoms with Crippen molar-refractivity contribution in [3.63, 3.8) is 0 Å². The summed E-state index contributed by atoms with van der Waals surface area (Å²) in [5.74, 6) is 1.50. The van der Waals surface area contributed by atoms with Gasteiger partial charge in [-0.1, -0.05) is 23.8 Å². The van der Waals surface area contributed by atoms with Gasteiger partial charge in [0, 0.05) is 37.8 Å². The Labute approximate surface area is 203 Å². The van der Waals surface area contributed by atoms with Crippen LogP contribution >= 0.6 is 0 Å². The van der Waals surface area contributed by atoms with Crippen molar-refractivity contribution < 1.29 is 13.2 Å². The first-order valence-electron chi connectivity index (χ1n) is 12.2. The third kappa shape index (κ3) is 5.61. The normalized spacial score (nSPS) is 17.0. The van der Waals surface area contributed by atoms with Gasteiger partial charge in [-0.15, -0.1) is 0 Å². The number of carbonyl (C=O) groups excluding carboxylic acids is 1.